The molecular formula is C21H27NO3. The summed E-state index contributed by atoms with van der Waals surface area (Å²) >= 11 is 0. The first kappa shape index (κ1) is 16.6. The molecule has 1 heterocycles. The van der Waals surface area contributed by atoms with Crippen LogP contribution in [0.2, 0.25) is 0 Å². The van der Waals surface area contributed by atoms with E-state index >= 15 is 0 Å². The summed E-state index contributed by atoms with van der Waals surface area (Å²) in [6.45, 7) is 6.97. The van der Waals surface area contributed by atoms with Gasteiger partial charge in [0.1, 0.15) is 6.61 Å². The first-order valence-electron chi connectivity index (χ1n) is 9.40. The zero-order chi connectivity index (χ0) is 17.8. The van der Waals surface area contributed by atoms with Crippen molar-refractivity contribution in [2.24, 2.45) is 22.7 Å². The molecule has 0 aromatic heterocycles. The standard InChI is InChI=1S/C21H27NO3/c1-14(11-15-7-5-4-6-8-15)18(23)22-17-12-16-9-10-21(17,20(16,2)3)13-25-19(22)24/h4-8,14,16-17H,9-13H2,1-3H3/t14-,16-,17-,21-/m1/s1. The summed E-state index contributed by atoms with van der Waals surface area (Å²) in [5.74, 6) is 0.264. The maximum atomic E-state index is 13.2. The van der Waals surface area contributed by atoms with Gasteiger partial charge in [-0.2, -0.15) is 0 Å². The summed E-state index contributed by atoms with van der Waals surface area (Å²) in [5, 5.41) is 0. The molecule has 134 valence electrons. The molecule has 4 nitrogen and oxygen atoms in total. The highest BCUT2D eigenvalue weighted by molar-refractivity contribution is 5.94. The average Bonchev–Trinajstić information content (AvgIpc) is 2.97. The minimum absolute atomic E-state index is 0.00761. The number of fused-ring (bicyclic) bond motifs is 1. The molecule has 4 atom stereocenters. The van der Waals surface area contributed by atoms with Gasteiger partial charge in [-0.25, -0.2) is 9.69 Å². The zero-order valence-corrected chi connectivity index (χ0v) is 15.3. The molecule has 2 amide bonds. The number of hydrogen-bond acceptors (Lipinski definition) is 3. The summed E-state index contributed by atoms with van der Waals surface area (Å²) < 4.78 is 5.55. The van der Waals surface area contributed by atoms with Gasteiger partial charge in [0.15, 0.2) is 0 Å². The molecule has 1 spiro atoms. The van der Waals surface area contributed by atoms with Crippen LogP contribution in [0.15, 0.2) is 30.3 Å². The average molecular weight is 341 g/mol. The van der Waals surface area contributed by atoms with Gasteiger partial charge in [-0.1, -0.05) is 51.1 Å². The number of imide groups is 1. The van der Waals surface area contributed by atoms with E-state index in [1.54, 1.807) is 0 Å². The largest absolute Gasteiger partial charge is 0.448 e. The van der Waals surface area contributed by atoms with Crippen LogP contribution in [-0.4, -0.2) is 29.5 Å². The summed E-state index contributed by atoms with van der Waals surface area (Å²) in [6, 6.07) is 10.00. The van der Waals surface area contributed by atoms with E-state index in [0.717, 1.165) is 18.4 Å². The van der Waals surface area contributed by atoms with E-state index in [1.165, 1.54) is 11.3 Å². The minimum Gasteiger partial charge on any atom is -0.448 e. The van der Waals surface area contributed by atoms with Crippen LogP contribution >= 0.6 is 0 Å². The highest BCUT2D eigenvalue weighted by atomic mass is 16.6. The monoisotopic (exact) mass is 341 g/mol. The van der Waals surface area contributed by atoms with Gasteiger partial charge in [0.25, 0.3) is 0 Å². The quantitative estimate of drug-likeness (QED) is 0.833. The number of hydrogen-bond donors (Lipinski definition) is 0. The Labute approximate surface area is 149 Å². The lowest BCUT2D eigenvalue weighted by Gasteiger charge is -2.49. The molecule has 1 aromatic rings. The fraction of sp³-hybridized carbons (Fsp3) is 0.619. The molecule has 1 saturated heterocycles. The molecule has 2 bridgehead atoms. The van der Waals surface area contributed by atoms with Crippen LogP contribution in [-0.2, 0) is 16.0 Å². The molecule has 1 aliphatic heterocycles. The van der Waals surface area contributed by atoms with Crippen LogP contribution in [0, 0.1) is 22.7 Å². The van der Waals surface area contributed by atoms with Crippen LogP contribution in [0.25, 0.3) is 0 Å². The van der Waals surface area contributed by atoms with Crippen molar-refractivity contribution in [1.29, 1.82) is 0 Å². The van der Waals surface area contributed by atoms with Gasteiger partial charge >= 0.3 is 6.09 Å². The molecule has 0 unspecified atom stereocenters. The number of nitrogens with zero attached hydrogens (tertiary/aromatic N) is 1. The lowest BCUT2D eigenvalue weighted by atomic mass is 9.67. The predicted molar refractivity (Wildman–Crippen MR) is 94.8 cm³/mol. The van der Waals surface area contributed by atoms with E-state index in [1.807, 2.05) is 37.3 Å². The highest BCUT2D eigenvalue weighted by Gasteiger charge is 2.69. The Balaban J connectivity index is 1.59. The van der Waals surface area contributed by atoms with Gasteiger partial charge in [0.05, 0.1) is 6.04 Å². The van der Waals surface area contributed by atoms with Crippen LogP contribution in [0.1, 0.15) is 45.6 Å². The van der Waals surface area contributed by atoms with Gasteiger partial charge in [-0.15, -0.1) is 0 Å². The molecular weight excluding hydrogens is 314 g/mol. The second-order valence-corrected chi connectivity index (χ2v) is 8.72. The number of benzene rings is 1. The van der Waals surface area contributed by atoms with Gasteiger partial charge in [-0.3, -0.25) is 4.79 Å². The van der Waals surface area contributed by atoms with Gasteiger partial charge in [0.2, 0.25) is 5.91 Å². The molecule has 3 fully saturated rings. The summed E-state index contributed by atoms with van der Waals surface area (Å²) in [4.78, 5) is 27.2. The Bertz CT molecular complexity index is 698. The molecule has 25 heavy (non-hydrogen) atoms. The van der Waals surface area contributed by atoms with Gasteiger partial charge < -0.3 is 4.74 Å². The summed E-state index contributed by atoms with van der Waals surface area (Å²) in [5.41, 5.74) is 1.18. The molecule has 2 saturated carbocycles. The van der Waals surface area contributed by atoms with Crippen LogP contribution < -0.4 is 0 Å². The minimum atomic E-state index is -0.441. The highest BCUT2D eigenvalue weighted by Crippen LogP contribution is 2.68. The van der Waals surface area contributed by atoms with E-state index < -0.39 is 6.09 Å². The van der Waals surface area contributed by atoms with Crippen molar-refractivity contribution in [3.8, 4) is 0 Å². The van der Waals surface area contributed by atoms with Crippen molar-refractivity contribution in [3.05, 3.63) is 35.9 Å². The maximum absolute atomic E-state index is 13.2. The zero-order valence-electron chi connectivity index (χ0n) is 15.3. The third-order valence-corrected chi connectivity index (χ3v) is 7.39. The Morgan fingerprint density at radius 1 is 1.32 bits per heavy atom. The molecule has 1 aromatic carbocycles. The first-order valence-corrected chi connectivity index (χ1v) is 9.40. The van der Waals surface area contributed by atoms with Crippen molar-refractivity contribution in [3.63, 3.8) is 0 Å². The number of amides is 2. The third kappa shape index (κ3) is 2.26. The van der Waals surface area contributed by atoms with Crippen molar-refractivity contribution < 1.29 is 14.3 Å². The fourth-order valence-corrected chi connectivity index (χ4v) is 5.66. The Morgan fingerprint density at radius 3 is 2.72 bits per heavy atom. The molecule has 4 heteroatoms. The Kier molecular flexibility index (Phi) is 3.71. The van der Waals surface area contributed by atoms with E-state index in [4.69, 9.17) is 4.74 Å². The number of carbonyl (C=O) groups is 2. The van der Waals surface area contributed by atoms with Gasteiger partial charge in [0, 0.05) is 11.3 Å². The summed E-state index contributed by atoms with van der Waals surface area (Å²) in [7, 11) is 0. The van der Waals surface area contributed by atoms with Crippen molar-refractivity contribution in [1.82, 2.24) is 4.90 Å². The van der Waals surface area contributed by atoms with Crippen molar-refractivity contribution in [2.75, 3.05) is 6.61 Å². The number of rotatable bonds is 3. The van der Waals surface area contributed by atoms with Crippen molar-refractivity contribution >= 4 is 12.0 Å². The molecule has 0 N–H and O–H groups in total. The van der Waals surface area contributed by atoms with E-state index in [2.05, 4.69) is 13.8 Å². The Morgan fingerprint density at radius 2 is 2.04 bits per heavy atom. The predicted octanol–water partition coefficient (Wildman–Crippen LogP) is 4.04. The normalized spacial score (nSPS) is 33.7. The Hall–Kier alpha value is -1.84. The van der Waals surface area contributed by atoms with Crippen molar-refractivity contribution in [2.45, 2.75) is 52.5 Å². The number of ether oxygens (including phenoxy) is 1. The van der Waals surface area contributed by atoms with E-state index in [0.29, 0.717) is 18.9 Å². The second-order valence-electron chi connectivity index (χ2n) is 8.72. The van der Waals surface area contributed by atoms with E-state index in [9.17, 15) is 9.59 Å². The van der Waals surface area contributed by atoms with Gasteiger partial charge in [-0.05, 0) is 42.6 Å². The molecule has 0 radical (unpaired) electrons. The lowest BCUT2D eigenvalue weighted by Crippen LogP contribution is -2.61. The van der Waals surface area contributed by atoms with Crippen LogP contribution in [0.5, 0.6) is 0 Å². The SMILES string of the molecule is C[C@H](Cc1ccccc1)C(=O)N1C(=O)OC[C@]23CC[C@H](C[C@@H]12)C3(C)C. The van der Waals surface area contributed by atoms with Crippen LogP contribution in [0.3, 0.4) is 0 Å². The second kappa shape index (κ2) is 5.58. The maximum Gasteiger partial charge on any atom is 0.416 e. The smallest absolute Gasteiger partial charge is 0.416 e. The summed E-state index contributed by atoms with van der Waals surface area (Å²) in [6.07, 6.45) is 3.38. The van der Waals surface area contributed by atoms with Crippen LogP contribution in [0.4, 0.5) is 4.79 Å². The van der Waals surface area contributed by atoms with E-state index in [-0.39, 0.29) is 28.7 Å². The fourth-order valence-electron chi connectivity index (χ4n) is 5.66. The lowest BCUT2D eigenvalue weighted by molar-refractivity contribution is -0.146. The number of carbonyl (C=O) groups excluding carboxylic acids is 2. The molecule has 4 rings (SSSR count). The third-order valence-electron chi connectivity index (χ3n) is 7.39. The molecule has 3 aliphatic rings. The molecule has 2 aliphatic carbocycles. The first-order chi connectivity index (χ1) is 11.9. The topological polar surface area (TPSA) is 46.6 Å². The number of cyclic esters (lactones) is 1.